The molecule has 0 amide bonds. The maximum Gasteiger partial charge on any atom is 0.145 e. The molecule has 0 spiro atoms. The van der Waals surface area contributed by atoms with E-state index < -0.39 is 0 Å². The van der Waals surface area contributed by atoms with Gasteiger partial charge in [0.15, 0.2) is 0 Å². The van der Waals surface area contributed by atoms with Crippen LogP contribution in [-0.2, 0) is 0 Å². The molecule has 3 aromatic rings. The van der Waals surface area contributed by atoms with Gasteiger partial charge in [0.2, 0.25) is 0 Å². The van der Waals surface area contributed by atoms with Gasteiger partial charge in [-0.15, -0.1) is 0 Å². The molecule has 3 rings (SSSR count). The van der Waals surface area contributed by atoms with Gasteiger partial charge in [-0.2, -0.15) is 5.10 Å². The second-order valence-corrected chi connectivity index (χ2v) is 4.82. The van der Waals surface area contributed by atoms with Crippen LogP contribution in [0.5, 0.6) is 0 Å². The SMILES string of the molecule is CN(C)c1ccc(-n2ncc3c(=S)nc[nH]c32)cc1. The van der Waals surface area contributed by atoms with Crippen LogP contribution in [0.25, 0.3) is 16.7 Å². The van der Waals surface area contributed by atoms with Crippen LogP contribution >= 0.6 is 12.2 Å². The minimum absolute atomic E-state index is 0.560. The van der Waals surface area contributed by atoms with Crippen molar-refractivity contribution >= 4 is 28.9 Å². The van der Waals surface area contributed by atoms with E-state index in [-0.39, 0.29) is 0 Å². The second-order valence-electron chi connectivity index (χ2n) is 4.44. The minimum Gasteiger partial charge on any atom is -0.378 e. The van der Waals surface area contributed by atoms with Crippen LogP contribution in [-0.4, -0.2) is 33.8 Å². The predicted molar refractivity (Wildman–Crippen MR) is 78.4 cm³/mol. The van der Waals surface area contributed by atoms with Crippen molar-refractivity contribution in [3.8, 4) is 5.69 Å². The van der Waals surface area contributed by atoms with Gasteiger partial charge in [-0.25, -0.2) is 9.67 Å². The monoisotopic (exact) mass is 271 g/mol. The van der Waals surface area contributed by atoms with Crippen LogP contribution in [0.4, 0.5) is 5.69 Å². The molecule has 2 aromatic heterocycles. The normalized spacial score (nSPS) is 10.8. The van der Waals surface area contributed by atoms with Gasteiger partial charge in [-0.3, -0.25) is 0 Å². The molecule has 0 fully saturated rings. The van der Waals surface area contributed by atoms with Crippen LogP contribution in [0.1, 0.15) is 0 Å². The van der Waals surface area contributed by atoms with Crippen LogP contribution in [0.3, 0.4) is 0 Å². The van der Waals surface area contributed by atoms with Crippen molar-refractivity contribution in [3.05, 3.63) is 41.4 Å². The van der Waals surface area contributed by atoms with E-state index in [2.05, 4.69) is 32.1 Å². The van der Waals surface area contributed by atoms with Crippen LogP contribution in [0, 0.1) is 4.64 Å². The summed E-state index contributed by atoms with van der Waals surface area (Å²) >= 11 is 5.18. The lowest BCUT2D eigenvalue weighted by molar-refractivity contribution is 0.894. The highest BCUT2D eigenvalue weighted by molar-refractivity contribution is 7.71. The molecular formula is C13H13N5S. The van der Waals surface area contributed by atoms with Gasteiger partial charge < -0.3 is 9.88 Å². The predicted octanol–water partition coefficient (Wildman–Crippen LogP) is 2.54. The Morgan fingerprint density at radius 1 is 1.21 bits per heavy atom. The Hall–Kier alpha value is -2.21. The number of hydrogen-bond acceptors (Lipinski definition) is 4. The summed E-state index contributed by atoms with van der Waals surface area (Å²) in [6.07, 6.45) is 3.33. The standard InChI is InChI=1S/C13H13N5S/c1-17(2)9-3-5-10(6-4-9)18-12-11(7-16-18)13(19)15-8-14-12/h3-8H,1-2H3,(H,14,15,19). The quantitative estimate of drug-likeness (QED) is 0.728. The number of H-pyrrole nitrogens is 1. The fraction of sp³-hybridized carbons (Fsp3) is 0.154. The molecule has 0 aliphatic carbocycles. The average Bonchev–Trinajstić information content (AvgIpc) is 2.84. The molecule has 1 N–H and O–H groups in total. The van der Waals surface area contributed by atoms with E-state index in [1.807, 2.05) is 30.9 Å². The Kier molecular flexibility index (Phi) is 2.79. The number of rotatable bonds is 2. The number of hydrogen-bond donors (Lipinski definition) is 1. The Morgan fingerprint density at radius 2 is 1.95 bits per heavy atom. The lowest BCUT2D eigenvalue weighted by Gasteiger charge is -2.12. The topological polar surface area (TPSA) is 49.7 Å². The van der Waals surface area contributed by atoms with E-state index in [4.69, 9.17) is 12.2 Å². The highest BCUT2D eigenvalue weighted by Gasteiger charge is 2.06. The first kappa shape index (κ1) is 11.9. The van der Waals surface area contributed by atoms with Crippen molar-refractivity contribution in [2.75, 3.05) is 19.0 Å². The van der Waals surface area contributed by atoms with Crippen molar-refractivity contribution in [1.29, 1.82) is 0 Å². The summed E-state index contributed by atoms with van der Waals surface area (Å²) in [7, 11) is 4.03. The summed E-state index contributed by atoms with van der Waals surface area (Å²) < 4.78 is 2.39. The van der Waals surface area contributed by atoms with Gasteiger partial charge in [0.25, 0.3) is 0 Å². The van der Waals surface area contributed by atoms with Crippen LogP contribution < -0.4 is 4.90 Å². The van der Waals surface area contributed by atoms with Gasteiger partial charge in [-0.05, 0) is 24.3 Å². The first-order chi connectivity index (χ1) is 9.16. The zero-order valence-corrected chi connectivity index (χ0v) is 11.5. The Labute approximate surface area is 115 Å². The molecule has 0 bridgehead atoms. The van der Waals surface area contributed by atoms with Gasteiger partial charge in [0.1, 0.15) is 10.3 Å². The van der Waals surface area contributed by atoms with Gasteiger partial charge in [-0.1, -0.05) is 12.2 Å². The summed E-state index contributed by atoms with van der Waals surface area (Å²) in [5.41, 5.74) is 2.99. The highest BCUT2D eigenvalue weighted by Crippen LogP contribution is 2.19. The number of aromatic amines is 1. The van der Waals surface area contributed by atoms with E-state index in [0.29, 0.717) is 4.64 Å². The first-order valence-corrected chi connectivity index (χ1v) is 6.27. The van der Waals surface area contributed by atoms with E-state index in [1.54, 1.807) is 12.5 Å². The largest absolute Gasteiger partial charge is 0.378 e. The summed E-state index contributed by atoms with van der Waals surface area (Å²) in [5.74, 6) is 0. The van der Waals surface area contributed by atoms with E-state index >= 15 is 0 Å². The molecule has 6 heteroatoms. The van der Waals surface area contributed by atoms with Gasteiger partial charge in [0.05, 0.1) is 23.6 Å². The average molecular weight is 271 g/mol. The van der Waals surface area contributed by atoms with Crippen LogP contribution in [0.2, 0.25) is 0 Å². The second kappa shape index (κ2) is 4.47. The summed E-state index contributed by atoms with van der Waals surface area (Å²) in [4.78, 5) is 9.20. The Morgan fingerprint density at radius 3 is 2.63 bits per heavy atom. The Bertz CT molecular complexity index is 770. The minimum atomic E-state index is 0.560. The summed E-state index contributed by atoms with van der Waals surface area (Å²) in [6, 6.07) is 8.16. The number of nitrogens with zero attached hydrogens (tertiary/aromatic N) is 4. The molecule has 0 aliphatic heterocycles. The van der Waals surface area contributed by atoms with E-state index in [1.165, 1.54) is 0 Å². The highest BCUT2D eigenvalue weighted by atomic mass is 32.1. The fourth-order valence-electron chi connectivity index (χ4n) is 1.95. The zero-order valence-electron chi connectivity index (χ0n) is 10.7. The first-order valence-electron chi connectivity index (χ1n) is 5.86. The van der Waals surface area contributed by atoms with Crippen molar-refractivity contribution in [2.45, 2.75) is 0 Å². The molecule has 0 atom stereocenters. The number of fused-ring (bicyclic) bond motifs is 1. The molecule has 0 saturated carbocycles. The molecule has 2 heterocycles. The molecule has 19 heavy (non-hydrogen) atoms. The van der Waals surface area contributed by atoms with Crippen molar-refractivity contribution in [2.24, 2.45) is 0 Å². The van der Waals surface area contributed by atoms with Crippen molar-refractivity contribution in [3.63, 3.8) is 0 Å². The number of anilines is 1. The lowest BCUT2D eigenvalue weighted by atomic mass is 10.2. The molecule has 96 valence electrons. The molecule has 0 radical (unpaired) electrons. The molecule has 0 saturated heterocycles. The van der Waals surface area contributed by atoms with Gasteiger partial charge >= 0.3 is 0 Å². The maximum absolute atomic E-state index is 5.18. The fourth-order valence-corrected chi connectivity index (χ4v) is 2.16. The van der Waals surface area contributed by atoms with E-state index in [9.17, 15) is 0 Å². The third-order valence-corrected chi connectivity index (χ3v) is 3.32. The van der Waals surface area contributed by atoms with Crippen molar-refractivity contribution in [1.82, 2.24) is 19.7 Å². The number of nitrogens with one attached hydrogen (secondary N) is 1. The Balaban J connectivity index is 2.14. The van der Waals surface area contributed by atoms with Crippen molar-refractivity contribution < 1.29 is 0 Å². The number of benzene rings is 1. The zero-order chi connectivity index (χ0) is 13.4. The maximum atomic E-state index is 5.18. The molecule has 0 aliphatic rings. The smallest absolute Gasteiger partial charge is 0.145 e. The van der Waals surface area contributed by atoms with E-state index in [0.717, 1.165) is 22.4 Å². The molecular weight excluding hydrogens is 258 g/mol. The third kappa shape index (κ3) is 2.00. The van der Waals surface area contributed by atoms with Crippen LogP contribution in [0.15, 0.2) is 36.8 Å². The summed E-state index contributed by atoms with van der Waals surface area (Å²) in [5, 5.41) is 5.22. The number of aromatic nitrogens is 4. The third-order valence-electron chi connectivity index (χ3n) is 2.99. The molecule has 0 unspecified atom stereocenters. The molecule has 1 aromatic carbocycles. The summed E-state index contributed by atoms with van der Waals surface area (Å²) in [6.45, 7) is 0. The lowest BCUT2D eigenvalue weighted by Crippen LogP contribution is -2.08. The molecule has 5 nitrogen and oxygen atoms in total. The van der Waals surface area contributed by atoms with Gasteiger partial charge in [0, 0.05) is 19.8 Å².